The summed E-state index contributed by atoms with van der Waals surface area (Å²) in [5.41, 5.74) is 0.282. The van der Waals surface area contributed by atoms with Crippen LogP contribution in [0.25, 0.3) is 0 Å². The number of rotatable bonds is 3. The Kier molecular flexibility index (Phi) is 4.23. The summed E-state index contributed by atoms with van der Waals surface area (Å²) < 4.78 is 0. The fourth-order valence-corrected chi connectivity index (χ4v) is 2.82. The summed E-state index contributed by atoms with van der Waals surface area (Å²) in [5.74, 6) is 0. The molecule has 0 amide bonds. The van der Waals surface area contributed by atoms with E-state index in [2.05, 4.69) is 70.1 Å². The van der Waals surface area contributed by atoms with Gasteiger partial charge in [-0.15, -0.1) is 11.8 Å². The number of hydrogen-bond acceptors (Lipinski definition) is 2. The minimum absolute atomic E-state index is 0.282. The SMILES string of the molecule is CN(C)C(Sc1ccccc1)C(C)(C)C. The predicted molar refractivity (Wildman–Crippen MR) is 69.2 cm³/mol. The number of benzene rings is 1. The molecule has 0 bridgehead atoms. The molecule has 1 aromatic rings. The number of thioether (sulfide) groups is 1. The molecule has 1 atom stereocenters. The molecule has 0 N–H and O–H groups in total. The van der Waals surface area contributed by atoms with Crippen LogP contribution in [0.4, 0.5) is 0 Å². The molecule has 84 valence electrons. The molecule has 0 aliphatic rings. The van der Waals surface area contributed by atoms with Gasteiger partial charge in [0.05, 0.1) is 5.37 Å². The Morgan fingerprint density at radius 3 is 2.00 bits per heavy atom. The van der Waals surface area contributed by atoms with Crippen LogP contribution < -0.4 is 0 Å². The van der Waals surface area contributed by atoms with E-state index in [1.54, 1.807) is 0 Å². The van der Waals surface area contributed by atoms with E-state index >= 15 is 0 Å². The molecule has 0 aliphatic heterocycles. The Morgan fingerprint density at radius 2 is 1.60 bits per heavy atom. The number of hydrogen-bond donors (Lipinski definition) is 0. The summed E-state index contributed by atoms with van der Waals surface area (Å²) in [6.07, 6.45) is 0. The molecule has 0 fully saturated rings. The van der Waals surface area contributed by atoms with E-state index < -0.39 is 0 Å². The first-order chi connectivity index (χ1) is 6.91. The summed E-state index contributed by atoms with van der Waals surface area (Å²) in [6.45, 7) is 6.86. The Balaban J connectivity index is 2.77. The maximum Gasteiger partial charge on any atom is 0.0648 e. The summed E-state index contributed by atoms with van der Waals surface area (Å²) in [5, 5.41) is 0.500. The van der Waals surface area contributed by atoms with Gasteiger partial charge in [-0.25, -0.2) is 0 Å². The molecule has 0 spiro atoms. The van der Waals surface area contributed by atoms with Crippen molar-refractivity contribution in [2.24, 2.45) is 5.41 Å². The molecule has 1 aromatic carbocycles. The van der Waals surface area contributed by atoms with Crippen molar-refractivity contribution in [1.29, 1.82) is 0 Å². The van der Waals surface area contributed by atoms with Crippen LogP contribution in [0.1, 0.15) is 20.8 Å². The molecule has 2 heteroatoms. The molecule has 1 rings (SSSR count). The van der Waals surface area contributed by atoms with E-state index in [1.807, 2.05) is 11.8 Å². The molecule has 0 saturated heterocycles. The lowest BCUT2D eigenvalue weighted by molar-refractivity contribution is 0.231. The summed E-state index contributed by atoms with van der Waals surface area (Å²) in [4.78, 5) is 3.63. The first-order valence-corrected chi connectivity index (χ1v) is 6.17. The van der Waals surface area contributed by atoms with Crippen molar-refractivity contribution in [3.05, 3.63) is 30.3 Å². The van der Waals surface area contributed by atoms with Gasteiger partial charge in [0.1, 0.15) is 0 Å². The second-order valence-electron chi connectivity index (χ2n) is 5.11. The highest BCUT2D eigenvalue weighted by Gasteiger charge is 2.27. The van der Waals surface area contributed by atoms with Crippen molar-refractivity contribution in [3.63, 3.8) is 0 Å². The maximum atomic E-state index is 2.29. The van der Waals surface area contributed by atoms with Crippen molar-refractivity contribution in [1.82, 2.24) is 4.90 Å². The van der Waals surface area contributed by atoms with Crippen molar-refractivity contribution in [2.45, 2.75) is 31.0 Å². The zero-order chi connectivity index (χ0) is 11.5. The molecule has 0 aromatic heterocycles. The third kappa shape index (κ3) is 3.88. The lowest BCUT2D eigenvalue weighted by Gasteiger charge is -2.35. The van der Waals surface area contributed by atoms with Gasteiger partial charge in [-0.05, 0) is 31.6 Å². The Hall–Kier alpha value is -0.470. The first kappa shape index (κ1) is 12.6. The molecule has 0 heterocycles. The van der Waals surface area contributed by atoms with Crippen LogP contribution in [-0.2, 0) is 0 Å². The van der Waals surface area contributed by atoms with Crippen molar-refractivity contribution >= 4 is 11.8 Å². The highest BCUT2D eigenvalue weighted by Crippen LogP contribution is 2.36. The maximum absolute atomic E-state index is 2.29. The van der Waals surface area contributed by atoms with Crippen molar-refractivity contribution < 1.29 is 0 Å². The van der Waals surface area contributed by atoms with Crippen molar-refractivity contribution in [2.75, 3.05) is 14.1 Å². The van der Waals surface area contributed by atoms with E-state index in [4.69, 9.17) is 0 Å². The predicted octanol–water partition coefficient (Wildman–Crippen LogP) is 3.71. The monoisotopic (exact) mass is 223 g/mol. The van der Waals surface area contributed by atoms with Crippen LogP contribution in [0.3, 0.4) is 0 Å². The van der Waals surface area contributed by atoms with Gasteiger partial charge in [0, 0.05) is 4.90 Å². The molecule has 15 heavy (non-hydrogen) atoms. The lowest BCUT2D eigenvalue weighted by atomic mass is 9.96. The topological polar surface area (TPSA) is 3.24 Å². The fraction of sp³-hybridized carbons (Fsp3) is 0.538. The van der Waals surface area contributed by atoms with Crippen LogP contribution in [-0.4, -0.2) is 24.4 Å². The number of nitrogens with zero attached hydrogens (tertiary/aromatic N) is 1. The largest absolute Gasteiger partial charge is 0.297 e. The first-order valence-electron chi connectivity index (χ1n) is 5.29. The van der Waals surface area contributed by atoms with Crippen LogP contribution in [0.2, 0.25) is 0 Å². The molecular formula is C13H21NS. The molecule has 1 unspecified atom stereocenters. The molecule has 0 saturated carbocycles. The van der Waals surface area contributed by atoms with Gasteiger partial charge in [0.2, 0.25) is 0 Å². The van der Waals surface area contributed by atoms with Gasteiger partial charge in [0.25, 0.3) is 0 Å². The third-order valence-electron chi connectivity index (χ3n) is 2.20. The minimum Gasteiger partial charge on any atom is -0.297 e. The van der Waals surface area contributed by atoms with Crippen LogP contribution in [0.15, 0.2) is 35.2 Å². The van der Waals surface area contributed by atoms with E-state index in [9.17, 15) is 0 Å². The molecule has 0 radical (unpaired) electrons. The highest BCUT2D eigenvalue weighted by atomic mass is 32.2. The van der Waals surface area contributed by atoms with Gasteiger partial charge in [-0.2, -0.15) is 0 Å². The van der Waals surface area contributed by atoms with Gasteiger partial charge in [-0.1, -0.05) is 39.0 Å². The van der Waals surface area contributed by atoms with E-state index in [-0.39, 0.29) is 5.41 Å². The van der Waals surface area contributed by atoms with E-state index in [1.165, 1.54) is 4.90 Å². The van der Waals surface area contributed by atoms with Crippen molar-refractivity contribution in [3.8, 4) is 0 Å². The second-order valence-corrected chi connectivity index (χ2v) is 6.27. The van der Waals surface area contributed by atoms with Crippen LogP contribution >= 0.6 is 11.8 Å². The normalized spacial score (nSPS) is 14.3. The second kappa shape index (κ2) is 5.04. The summed E-state index contributed by atoms with van der Waals surface area (Å²) in [6, 6.07) is 10.6. The van der Waals surface area contributed by atoms with Gasteiger partial charge < -0.3 is 0 Å². The Labute approximate surface area is 97.9 Å². The molecule has 0 aliphatic carbocycles. The Morgan fingerprint density at radius 1 is 1.07 bits per heavy atom. The average molecular weight is 223 g/mol. The fourth-order valence-electron chi connectivity index (χ4n) is 1.68. The standard InChI is InChI=1S/C13H21NS/c1-13(2,3)12(14(4)5)15-11-9-7-6-8-10-11/h6-10,12H,1-5H3. The average Bonchev–Trinajstić information content (AvgIpc) is 2.13. The zero-order valence-electron chi connectivity index (χ0n) is 10.3. The smallest absolute Gasteiger partial charge is 0.0648 e. The quantitative estimate of drug-likeness (QED) is 0.567. The third-order valence-corrected chi connectivity index (χ3v) is 4.10. The van der Waals surface area contributed by atoms with Gasteiger partial charge in [0.15, 0.2) is 0 Å². The van der Waals surface area contributed by atoms with E-state index in [0.717, 1.165) is 0 Å². The van der Waals surface area contributed by atoms with Crippen LogP contribution in [0, 0.1) is 5.41 Å². The lowest BCUT2D eigenvalue weighted by Crippen LogP contribution is -2.36. The zero-order valence-corrected chi connectivity index (χ0v) is 11.1. The Bertz CT molecular complexity index is 287. The van der Waals surface area contributed by atoms with Gasteiger partial charge in [-0.3, -0.25) is 4.90 Å². The molecular weight excluding hydrogens is 202 g/mol. The summed E-state index contributed by atoms with van der Waals surface area (Å²) >= 11 is 1.93. The van der Waals surface area contributed by atoms with E-state index in [0.29, 0.717) is 5.37 Å². The van der Waals surface area contributed by atoms with Crippen LogP contribution in [0.5, 0.6) is 0 Å². The van der Waals surface area contributed by atoms with Gasteiger partial charge >= 0.3 is 0 Å². The highest BCUT2D eigenvalue weighted by molar-refractivity contribution is 8.00. The summed E-state index contributed by atoms with van der Waals surface area (Å²) in [7, 11) is 4.29. The minimum atomic E-state index is 0.282. The molecule has 1 nitrogen and oxygen atoms in total.